The van der Waals surface area contributed by atoms with Gasteiger partial charge in [0.25, 0.3) is 0 Å². The molecule has 5 N–H and O–H groups in total. The van der Waals surface area contributed by atoms with Gasteiger partial charge in [0.2, 0.25) is 5.78 Å². The lowest BCUT2D eigenvalue weighted by Crippen LogP contribution is -2.68. The van der Waals surface area contributed by atoms with Gasteiger partial charge in [0.15, 0.2) is 18.0 Å². The highest BCUT2D eigenvalue weighted by molar-refractivity contribution is 6.06. The van der Waals surface area contributed by atoms with E-state index in [0.717, 1.165) is 4.90 Å². The smallest absolute Gasteiger partial charge is 0.338 e. The third-order valence-corrected chi connectivity index (χ3v) is 5.43. The predicted molar refractivity (Wildman–Crippen MR) is 115 cm³/mol. The van der Waals surface area contributed by atoms with Crippen LogP contribution in [0.1, 0.15) is 20.7 Å². The van der Waals surface area contributed by atoms with Crippen molar-refractivity contribution in [3.05, 3.63) is 84.1 Å². The molecule has 10 heteroatoms. The SMILES string of the molecule is NC1(C(=O)c2ccccc2)C=CN([C@@H]2OC[C@@H](O)[C@@H](O)[C@H]2OC(=O)c2ccccc2)C(=O)N1. The van der Waals surface area contributed by atoms with Gasteiger partial charge in [0, 0.05) is 11.8 Å². The minimum atomic E-state index is -1.81. The van der Waals surface area contributed by atoms with E-state index in [4.69, 9.17) is 15.2 Å². The molecule has 0 bridgehead atoms. The number of carbonyl (C=O) groups is 3. The van der Waals surface area contributed by atoms with Crippen LogP contribution in [0.2, 0.25) is 0 Å². The van der Waals surface area contributed by atoms with Gasteiger partial charge in [0.05, 0.1) is 12.2 Å². The molecule has 2 heterocycles. The number of benzene rings is 2. The molecular weight excluding hydrogens is 430 g/mol. The Morgan fingerprint density at radius 3 is 2.27 bits per heavy atom. The molecule has 0 aliphatic carbocycles. The van der Waals surface area contributed by atoms with E-state index in [2.05, 4.69) is 5.32 Å². The molecule has 0 spiro atoms. The number of nitrogens with zero attached hydrogens (tertiary/aromatic N) is 1. The molecule has 1 saturated heterocycles. The molecule has 2 aromatic rings. The summed E-state index contributed by atoms with van der Waals surface area (Å²) in [6.07, 6.45) is -3.03. The molecule has 10 nitrogen and oxygen atoms in total. The van der Waals surface area contributed by atoms with Crippen LogP contribution in [0.3, 0.4) is 0 Å². The topological polar surface area (TPSA) is 151 Å². The van der Waals surface area contributed by atoms with Crippen molar-refractivity contribution in [1.82, 2.24) is 10.2 Å². The zero-order chi connectivity index (χ0) is 23.6. The molecule has 2 aliphatic heterocycles. The maximum atomic E-state index is 12.9. The minimum Gasteiger partial charge on any atom is -0.451 e. The Balaban J connectivity index is 1.57. The summed E-state index contributed by atoms with van der Waals surface area (Å²) in [4.78, 5) is 39.3. The lowest BCUT2D eigenvalue weighted by atomic mass is 9.97. The number of nitrogens with one attached hydrogen (secondary N) is 1. The van der Waals surface area contributed by atoms with Crippen LogP contribution >= 0.6 is 0 Å². The van der Waals surface area contributed by atoms with Gasteiger partial charge in [-0.05, 0) is 18.2 Å². The van der Waals surface area contributed by atoms with E-state index < -0.39 is 48.0 Å². The molecule has 2 amide bonds. The van der Waals surface area contributed by atoms with E-state index in [1.165, 1.54) is 24.4 Å². The second kappa shape index (κ2) is 9.12. The highest BCUT2D eigenvalue weighted by Gasteiger charge is 2.48. The number of amides is 2. The fourth-order valence-corrected chi connectivity index (χ4v) is 3.62. The number of aliphatic hydroxyl groups excluding tert-OH is 2. The molecule has 5 atom stereocenters. The van der Waals surface area contributed by atoms with Gasteiger partial charge in [0.1, 0.15) is 12.2 Å². The van der Waals surface area contributed by atoms with Crippen molar-refractivity contribution in [2.24, 2.45) is 5.73 Å². The van der Waals surface area contributed by atoms with Gasteiger partial charge >= 0.3 is 12.0 Å². The van der Waals surface area contributed by atoms with E-state index in [9.17, 15) is 24.6 Å². The number of hydrogen-bond acceptors (Lipinski definition) is 8. The molecule has 4 rings (SSSR count). The lowest BCUT2D eigenvalue weighted by Gasteiger charge is -2.44. The number of carbonyl (C=O) groups excluding carboxylic acids is 3. The summed E-state index contributed by atoms with van der Waals surface area (Å²) in [7, 11) is 0. The van der Waals surface area contributed by atoms with Crippen molar-refractivity contribution in [2.75, 3.05) is 6.61 Å². The van der Waals surface area contributed by atoms with E-state index >= 15 is 0 Å². The summed E-state index contributed by atoms with van der Waals surface area (Å²) < 4.78 is 10.9. The summed E-state index contributed by atoms with van der Waals surface area (Å²) in [6.45, 7) is -0.306. The quantitative estimate of drug-likeness (QED) is 0.374. The third-order valence-electron chi connectivity index (χ3n) is 5.43. The van der Waals surface area contributed by atoms with Crippen LogP contribution in [-0.4, -0.2) is 69.7 Å². The normalized spacial score (nSPS) is 29.3. The minimum absolute atomic E-state index is 0.219. The van der Waals surface area contributed by atoms with Crippen LogP contribution in [0.5, 0.6) is 0 Å². The van der Waals surface area contributed by atoms with Crippen LogP contribution < -0.4 is 11.1 Å². The summed E-state index contributed by atoms with van der Waals surface area (Å²) >= 11 is 0. The first-order valence-corrected chi connectivity index (χ1v) is 10.2. The Morgan fingerprint density at radius 1 is 1.06 bits per heavy atom. The van der Waals surface area contributed by atoms with Crippen LogP contribution in [0.25, 0.3) is 0 Å². The summed E-state index contributed by atoms with van der Waals surface area (Å²) in [5.74, 6) is -1.30. The van der Waals surface area contributed by atoms with Crippen molar-refractivity contribution in [3.8, 4) is 0 Å². The predicted octanol–water partition coefficient (Wildman–Crippen LogP) is 0.367. The van der Waals surface area contributed by atoms with Gasteiger partial charge in [-0.25, -0.2) is 9.59 Å². The average molecular weight is 453 g/mol. The average Bonchev–Trinajstić information content (AvgIpc) is 2.83. The molecule has 1 fully saturated rings. The monoisotopic (exact) mass is 453 g/mol. The first kappa shape index (κ1) is 22.6. The van der Waals surface area contributed by atoms with Crippen molar-refractivity contribution in [2.45, 2.75) is 30.2 Å². The molecule has 0 radical (unpaired) electrons. The van der Waals surface area contributed by atoms with Gasteiger partial charge in [-0.1, -0.05) is 48.5 Å². The molecule has 172 valence electrons. The molecule has 2 aromatic carbocycles. The van der Waals surface area contributed by atoms with Crippen LogP contribution in [0.4, 0.5) is 4.79 Å². The molecule has 33 heavy (non-hydrogen) atoms. The second-order valence-corrected chi connectivity index (χ2v) is 7.74. The number of ketones is 1. The number of hydrogen-bond donors (Lipinski definition) is 4. The fourth-order valence-electron chi connectivity index (χ4n) is 3.62. The van der Waals surface area contributed by atoms with Gasteiger partial charge < -0.3 is 25.0 Å². The largest absolute Gasteiger partial charge is 0.451 e. The lowest BCUT2D eigenvalue weighted by molar-refractivity contribution is -0.213. The number of rotatable bonds is 5. The Hall–Kier alpha value is -3.57. The first-order valence-electron chi connectivity index (χ1n) is 10.2. The fraction of sp³-hybridized carbons (Fsp3) is 0.261. The number of esters is 1. The number of urea groups is 1. The highest BCUT2D eigenvalue weighted by Crippen LogP contribution is 2.26. The van der Waals surface area contributed by atoms with E-state index in [1.807, 2.05) is 0 Å². The van der Waals surface area contributed by atoms with Crippen molar-refractivity contribution in [1.29, 1.82) is 0 Å². The maximum absolute atomic E-state index is 12.9. The Morgan fingerprint density at radius 2 is 1.67 bits per heavy atom. The zero-order valence-corrected chi connectivity index (χ0v) is 17.4. The van der Waals surface area contributed by atoms with E-state index in [0.29, 0.717) is 5.56 Å². The van der Waals surface area contributed by atoms with Crippen LogP contribution in [0.15, 0.2) is 72.9 Å². The van der Waals surface area contributed by atoms with E-state index in [-0.39, 0.29) is 12.2 Å². The molecular formula is C23H23N3O7. The van der Waals surface area contributed by atoms with Crippen molar-refractivity contribution >= 4 is 17.8 Å². The second-order valence-electron chi connectivity index (χ2n) is 7.74. The van der Waals surface area contributed by atoms with Crippen molar-refractivity contribution in [3.63, 3.8) is 0 Å². The Kier molecular flexibility index (Phi) is 6.25. The molecule has 0 aromatic heterocycles. The van der Waals surface area contributed by atoms with Gasteiger partial charge in [-0.2, -0.15) is 0 Å². The number of nitrogens with two attached hydrogens (primary N) is 1. The molecule has 1 unspecified atom stereocenters. The molecule has 2 aliphatic rings. The number of aliphatic hydroxyl groups is 2. The summed E-state index contributed by atoms with van der Waals surface area (Å²) in [5.41, 5.74) is 4.86. The number of Topliss-reactive ketones (excluding diaryl/α,β-unsaturated/α-hetero) is 1. The summed E-state index contributed by atoms with van der Waals surface area (Å²) in [5, 5.41) is 23.0. The zero-order valence-electron chi connectivity index (χ0n) is 17.4. The Bertz CT molecular complexity index is 1060. The van der Waals surface area contributed by atoms with Gasteiger partial charge in [-0.3, -0.25) is 15.4 Å². The Labute approximate surface area is 189 Å². The van der Waals surface area contributed by atoms with E-state index in [1.54, 1.807) is 48.5 Å². The van der Waals surface area contributed by atoms with Gasteiger partial charge in [-0.15, -0.1) is 0 Å². The third kappa shape index (κ3) is 4.50. The highest BCUT2D eigenvalue weighted by atomic mass is 16.6. The first-order chi connectivity index (χ1) is 15.8. The molecule has 0 saturated carbocycles. The van der Waals surface area contributed by atoms with Crippen LogP contribution in [0, 0.1) is 0 Å². The summed E-state index contributed by atoms with van der Waals surface area (Å²) in [6, 6.07) is 15.5. The standard InChI is InChI=1S/C23H23N3O7/c24-23(19(29)14-7-3-1-4-8-14)11-12-26(22(31)25-23)20-18(17(28)16(27)13-32-20)33-21(30)15-9-5-2-6-10-15/h1-12,16-18,20,27-28H,13,24H2,(H,25,31)/t16-,17-,18-,20-,23?/m1/s1. The van der Waals surface area contributed by atoms with Crippen LogP contribution in [-0.2, 0) is 9.47 Å². The maximum Gasteiger partial charge on any atom is 0.338 e. The number of ether oxygens (including phenoxy) is 2. The van der Waals surface area contributed by atoms with Crippen molar-refractivity contribution < 1.29 is 34.1 Å².